The van der Waals surface area contributed by atoms with Crippen LogP contribution >= 0.6 is 0 Å². The highest BCUT2D eigenvalue weighted by atomic mass is 32.2. The molecule has 1 rings (SSSR count). The van der Waals surface area contributed by atoms with E-state index in [1.807, 2.05) is 0 Å². The van der Waals surface area contributed by atoms with Gasteiger partial charge in [-0.1, -0.05) is 0 Å². The molecular formula is C12H20N2O4S. The van der Waals surface area contributed by atoms with Crippen LogP contribution in [0.1, 0.15) is 12.0 Å². The predicted molar refractivity (Wildman–Crippen MR) is 73.3 cm³/mol. The lowest BCUT2D eigenvalue weighted by atomic mass is 10.2. The molecule has 0 spiro atoms. The summed E-state index contributed by atoms with van der Waals surface area (Å²) in [7, 11) is -2.16. The zero-order valence-electron chi connectivity index (χ0n) is 11.1. The topological polar surface area (TPSA) is 102 Å². The van der Waals surface area contributed by atoms with Crippen LogP contribution in [0.3, 0.4) is 0 Å². The fourth-order valence-corrected chi connectivity index (χ4v) is 2.98. The maximum atomic E-state index is 12.2. The van der Waals surface area contributed by atoms with Gasteiger partial charge >= 0.3 is 0 Å². The molecule has 1 atom stereocenters. The molecule has 7 heteroatoms. The third-order valence-corrected chi connectivity index (χ3v) is 4.24. The minimum Gasteiger partial charge on any atom is -0.399 e. The molecule has 0 bridgehead atoms. The molecule has 0 fully saturated rings. The minimum atomic E-state index is -3.64. The van der Waals surface area contributed by atoms with Gasteiger partial charge in [0, 0.05) is 25.4 Å². The van der Waals surface area contributed by atoms with E-state index in [1.54, 1.807) is 13.0 Å². The highest BCUT2D eigenvalue weighted by Gasteiger charge is 2.20. The second-order valence-electron chi connectivity index (χ2n) is 4.30. The van der Waals surface area contributed by atoms with Crippen molar-refractivity contribution in [1.29, 1.82) is 0 Å². The summed E-state index contributed by atoms with van der Waals surface area (Å²) in [6.45, 7) is 1.83. The van der Waals surface area contributed by atoms with Crippen LogP contribution in [0.2, 0.25) is 0 Å². The normalized spacial score (nSPS) is 13.4. The van der Waals surface area contributed by atoms with Crippen LogP contribution in [-0.4, -0.2) is 39.9 Å². The SMILES string of the molecule is COCC(CCO)NS(=O)(=O)c1ccc(N)c(C)c1. The molecule has 0 amide bonds. The van der Waals surface area contributed by atoms with Gasteiger partial charge in [0.15, 0.2) is 0 Å². The number of methoxy groups -OCH3 is 1. The maximum Gasteiger partial charge on any atom is 0.240 e. The number of anilines is 1. The van der Waals surface area contributed by atoms with Crippen LogP contribution < -0.4 is 10.5 Å². The Labute approximate surface area is 113 Å². The number of nitrogens with two attached hydrogens (primary N) is 1. The Balaban J connectivity index is 2.92. The number of aliphatic hydroxyl groups excluding tert-OH is 1. The Morgan fingerprint density at radius 3 is 2.68 bits per heavy atom. The van der Waals surface area contributed by atoms with Gasteiger partial charge in [-0.25, -0.2) is 13.1 Å². The molecule has 1 aromatic rings. The molecule has 0 radical (unpaired) electrons. The van der Waals surface area contributed by atoms with Gasteiger partial charge in [-0.2, -0.15) is 0 Å². The maximum absolute atomic E-state index is 12.2. The number of aryl methyl sites for hydroxylation is 1. The second-order valence-corrected chi connectivity index (χ2v) is 6.02. The lowest BCUT2D eigenvalue weighted by molar-refractivity contribution is 0.158. The van der Waals surface area contributed by atoms with E-state index < -0.39 is 16.1 Å². The largest absolute Gasteiger partial charge is 0.399 e. The number of nitrogens with one attached hydrogen (secondary N) is 1. The van der Waals surface area contributed by atoms with Crippen LogP contribution in [-0.2, 0) is 14.8 Å². The molecule has 1 aromatic carbocycles. The summed E-state index contributed by atoms with van der Waals surface area (Å²) in [5, 5.41) is 8.90. The summed E-state index contributed by atoms with van der Waals surface area (Å²) in [5.74, 6) is 0. The molecule has 0 aliphatic carbocycles. The molecule has 0 saturated carbocycles. The van der Waals surface area contributed by atoms with Gasteiger partial charge in [0.2, 0.25) is 10.0 Å². The van der Waals surface area contributed by atoms with Gasteiger partial charge in [0.05, 0.1) is 11.5 Å². The van der Waals surface area contributed by atoms with Crippen molar-refractivity contribution in [1.82, 2.24) is 4.72 Å². The van der Waals surface area contributed by atoms with Gasteiger partial charge in [0.1, 0.15) is 0 Å². The Hall–Kier alpha value is -1.15. The zero-order chi connectivity index (χ0) is 14.5. The molecule has 0 saturated heterocycles. The molecule has 4 N–H and O–H groups in total. The van der Waals surface area contributed by atoms with Crippen LogP contribution in [0.15, 0.2) is 23.1 Å². The third kappa shape index (κ3) is 4.46. The number of sulfonamides is 1. The summed E-state index contributed by atoms with van der Waals surface area (Å²) in [6.07, 6.45) is 0.293. The quantitative estimate of drug-likeness (QED) is 0.624. The van der Waals surface area contributed by atoms with Gasteiger partial charge in [0.25, 0.3) is 0 Å². The van der Waals surface area contributed by atoms with E-state index in [-0.39, 0.29) is 18.1 Å². The van der Waals surface area contributed by atoms with Crippen molar-refractivity contribution in [3.05, 3.63) is 23.8 Å². The number of aliphatic hydroxyl groups is 1. The third-order valence-electron chi connectivity index (χ3n) is 2.72. The van der Waals surface area contributed by atoms with Crippen molar-refractivity contribution >= 4 is 15.7 Å². The fourth-order valence-electron chi connectivity index (χ4n) is 1.64. The molecule has 0 heterocycles. The smallest absolute Gasteiger partial charge is 0.240 e. The Kier molecular flexibility index (Phi) is 5.74. The van der Waals surface area contributed by atoms with Gasteiger partial charge in [-0.3, -0.25) is 0 Å². The second kappa shape index (κ2) is 6.85. The first kappa shape index (κ1) is 15.9. The molecule has 6 nitrogen and oxygen atoms in total. The van der Waals surface area contributed by atoms with Crippen molar-refractivity contribution in [3.63, 3.8) is 0 Å². The molecule has 108 valence electrons. The number of hydrogen-bond donors (Lipinski definition) is 3. The summed E-state index contributed by atoms with van der Waals surface area (Å²) >= 11 is 0. The lowest BCUT2D eigenvalue weighted by Gasteiger charge is -2.17. The number of rotatable bonds is 7. The highest BCUT2D eigenvalue weighted by Crippen LogP contribution is 2.17. The van der Waals surface area contributed by atoms with Crippen molar-refractivity contribution in [3.8, 4) is 0 Å². The molecule has 0 aliphatic heterocycles. The van der Waals surface area contributed by atoms with E-state index in [4.69, 9.17) is 15.6 Å². The molecular weight excluding hydrogens is 268 g/mol. The van der Waals surface area contributed by atoms with E-state index in [9.17, 15) is 8.42 Å². The summed E-state index contributed by atoms with van der Waals surface area (Å²) in [5.41, 5.74) is 6.91. The monoisotopic (exact) mass is 288 g/mol. The molecule has 0 aromatic heterocycles. The molecule has 0 aliphatic rings. The first-order valence-electron chi connectivity index (χ1n) is 5.89. The average Bonchev–Trinajstić information content (AvgIpc) is 2.32. The summed E-state index contributed by atoms with van der Waals surface area (Å²) < 4.78 is 31.8. The number of nitrogen functional groups attached to an aromatic ring is 1. The fraction of sp³-hybridized carbons (Fsp3) is 0.500. The number of ether oxygens (including phenoxy) is 1. The highest BCUT2D eigenvalue weighted by molar-refractivity contribution is 7.89. The van der Waals surface area contributed by atoms with Gasteiger partial charge in [-0.05, 0) is 37.1 Å². The van der Waals surface area contributed by atoms with Crippen LogP contribution in [0.4, 0.5) is 5.69 Å². The van der Waals surface area contributed by atoms with E-state index in [0.717, 1.165) is 0 Å². The summed E-state index contributed by atoms with van der Waals surface area (Å²) in [4.78, 5) is 0.151. The molecule has 1 unspecified atom stereocenters. The minimum absolute atomic E-state index is 0.114. The van der Waals surface area contributed by atoms with Crippen molar-refractivity contribution in [2.24, 2.45) is 0 Å². The van der Waals surface area contributed by atoms with Crippen LogP contribution in [0.5, 0.6) is 0 Å². The summed E-state index contributed by atoms with van der Waals surface area (Å²) in [6, 6.07) is 4.06. The van der Waals surface area contributed by atoms with E-state index >= 15 is 0 Å². The Bertz CT molecular complexity index is 510. The predicted octanol–water partition coefficient (Wildman–Crippen LogP) is 0.253. The average molecular weight is 288 g/mol. The van der Waals surface area contributed by atoms with Crippen LogP contribution in [0, 0.1) is 6.92 Å². The molecule has 19 heavy (non-hydrogen) atoms. The van der Waals surface area contributed by atoms with E-state index in [0.29, 0.717) is 17.7 Å². The first-order chi connectivity index (χ1) is 8.90. The standard InChI is InChI=1S/C12H20N2O4S/c1-9-7-11(3-4-12(9)13)19(16,17)14-10(5-6-15)8-18-2/h3-4,7,10,14-15H,5-6,8,13H2,1-2H3. The van der Waals surface area contributed by atoms with Crippen molar-refractivity contribution < 1.29 is 18.3 Å². The van der Waals surface area contributed by atoms with E-state index in [2.05, 4.69) is 4.72 Å². The Morgan fingerprint density at radius 2 is 2.16 bits per heavy atom. The van der Waals surface area contributed by atoms with Crippen molar-refractivity contribution in [2.75, 3.05) is 26.1 Å². The lowest BCUT2D eigenvalue weighted by Crippen LogP contribution is -2.38. The van der Waals surface area contributed by atoms with Gasteiger partial charge < -0.3 is 15.6 Å². The van der Waals surface area contributed by atoms with E-state index in [1.165, 1.54) is 19.2 Å². The number of hydrogen-bond acceptors (Lipinski definition) is 5. The van der Waals surface area contributed by atoms with Gasteiger partial charge in [-0.15, -0.1) is 0 Å². The Morgan fingerprint density at radius 1 is 1.47 bits per heavy atom. The van der Waals surface area contributed by atoms with Crippen molar-refractivity contribution in [2.45, 2.75) is 24.3 Å². The zero-order valence-corrected chi connectivity index (χ0v) is 11.9. The number of benzene rings is 1. The first-order valence-corrected chi connectivity index (χ1v) is 7.37. The van der Waals surface area contributed by atoms with Crippen LogP contribution in [0.25, 0.3) is 0 Å².